The summed E-state index contributed by atoms with van der Waals surface area (Å²) in [6, 6.07) is 2.00. The third kappa shape index (κ3) is 3.83. The Balaban J connectivity index is 2.14. The van der Waals surface area contributed by atoms with Gasteiger partial charge in [0, 0.05) is 9.75 Å². The number of carbonyl (C=O) groups is 1. The summed E-state index contributed by atoms with van der Waals surface area (Å²) in [6.07, 6.45) is 2.03. The lowest BCUT2D eigenvalue weighted by Crippen LogP contribution is -2.27. The van der Waals surface area contributed by atoms with Gasteiger partial charge < -0.3 is 4.74 Å². The molecular formula is C15H21NO2S. The average Bonchev–Trinajstić information content (AvgIpc) is 2.98. The van der Waals surface area contributed by atoms with Crippen molar-refractivity contribution in [2.45, 2.75) is 52.1 Å². The number of carbonyl (C=O) groups excluding carboxylic acids is 1. The largest absolute Gasteiger partial charge is 0.444 e. The van der Waals surface area contributed by atoms with E-state index in [1.807, 2.05) is 33.8 Å². The third-order valence-electron chi connectivity index (χ3n) is 2.77. The molecule has 0 bridgehead atoms. The molecule has 0 saturated heterocycles. The number of thiophene rings is 1. The van der Waals surface area contributed by atoms with Gasteiger partial charge in [0.1, 0.15) is 5.60 Å². The van der Waals surface area contributed by atoms with Crippen LogP contribution in [-0.4, -0.2) is 11.7 Å². The number of ether oxygens (including phenoxy) is 1. The van der Waals surface area contributed by atoms with Gasteiger partial charge in [0.05, 0.1) is 5.69 Å². The Bertz CT molecular complexity index is 507. The van der Waals surface area contributed by atoms with E-state index >= 15 is 0 Å². The van der Waals surface area contributed by atoms with Crippen LogP contribution in [0.4, 0.5) is 10.5 Å². The highest BCUT2D eigenvalue weighted by Gasteiger charge is 2.29. The fourth-order valence-electron chi connectivity index (χ4n) is 1.78. The Morgan fingerprint density at radius 1 is 1.47 bits per heavy atom. The molecule has 1 aliphatic rings. The summed E-state index contributed by atoms with van der Waals surface area (Å²) in [5, 5.41) is 2.87. The zero-order valence-electron chi connectivity index (χ0n) is 12.0. The molecule has 0 atom stereocenters. The minimum Gasteiger partial charge on any atom is -0.444 e. The first-order valence-electron chi connectivity index (χ1n) is 6.56. The number of anilines is 1. The SMILES string of the molecule is C=C(C)c1cc(NC(=O)OC(C)(C)C)c(C2CC2)s1. The topological polar surface area (TPSA) is 38.3 Å². The van der Waals surface area contributed by atoms with Crippen LogP contribution in [0, 0.1) is 0 Å². The Kier molecular flexibility index (Phi) is 3.72. The van der Waals surface area contributed by atoms with Crippen molar-refractivity contribution in [2.75, 3.05) is 5.32 Å². The number of hydrogen-bond acceptors (Lipinski definition) is 3. The fourth-order valence-corrected chi connectivity index (χ4v) is 2.99. The highest BCUT2D eigenvalue weighted by molar-refractivity contribution is 7.13. The molecule has 1 N–H and O–H groups in total. The maximum atomic E-state index is 11.9. The van der Waals surface area contributed by atoms with E-state index in [0.29, 0.717) is 5.92 Å². The maximum absolute atomic E-state index is 11.9. The van der Waals surface area contributed by atoms with Crippen molar-refractivity contribution in [3.8, 4) is 0 Å². The van der Waals surface area contributed by atoms with Crippen LogP contribution in [0.2, 0.25) is 0 Å². The van der Waals surface area contributed by atoms with E-state index in [4.69, 9.17) is 4.74 Å². The minimum absolute atomic E-state index is 0.388. The Morgan fingerprint density at radius 3 is 2.58 bits per heavy atom. The minimum atomic E-state index is -0.475. The highest BCUT2D eigenvalue weighted by Crippen LogP contribution is 2.48. The van der Waals surface area contributed by atoms with Crippen LogP contribution < -0.4 is 5.32 Å². The van der Waals surface area contributed by atoms with Gasteiger partial charge in [-0.3, -0.25) is 5.32 Å². The molecule has 1 saturated carbocycles. The average molecular weight is 279 g/mol. The van der Waals surface area contributed by atoms with Crippen LogP contribution in [0.3, 0.4) is 0 Å². The van der Waals surface area contributed by atoms with E-state index in [9.17, 15) is 4.79 Å². The molecule has 1 fully saturated rings. The van der Waals surface area contributed by atoms with E-state index in [0.717, 1.165) is 16.1 Å². The Labute approximate surface area is 118 Å². The highest BCUT2D eigenvalue weighted by atomic mass is 32.1. The van der Waals surface area contributed by atoms with E-state index < -0.39 is 5.60 Å². The van der Waals surface area contributed by atoms with Crippen LogP contribution in [0.25, 0.3) is 5.57 Å². The van der Waals surface area contributed by atoms with Crippen LogP contribution in [0.5, 0.6) is 0 Å². The molecule has 0 unspecified atom stereocenters. The van der Waals surface area contributed by atoms with Crippen molar-refractivity contribution in [2.24, 2.45) is 0 Å². The second-order valence-corrected chi connectivity index (χ2v) is 7.15. The van der Waals surface area contributed by atoms with Gasteiger partial charge in [-0.2, -0.15) is 0 Å². The molecule has 0 aromatic carbocycles. The maximum Gasteiger partial charge on any atom is 0.412 e. The van der Waals surface area contributed by atoms with Crippen molar-refractivity contribution < 1.29 is 9.53 Å². The lowest BCUT2D eigenvalue weighted by Gasteiger charge is -2.19. The molecule has 0 radical (unpaired) electrons. The van der Waals surface area contributed by atoms with Gasteiger partial charge in [-0.05, 0) is 58.1 Å². The Morgan fingerprint density at radius 2 is 2.11 bits per heavy atom. The second-order valence-electron chi connectivity index (χ2n) is 6.07. The van der Waals surface area contributed by atoms with Crippen molar-refractivity contribution in [1.82, 2.24) is 0 Å². The molecule has 2 rings (SSSR count). The zero-order valence-corrected chi connectivity index (χ0v) is 12.8. The van der Waals surface area contributed by atoms with E-state index in [1.54, 1.807) is 11.3 Å². The molecule has 1 amide bonds. The van der Waals surface area contributed by atoms with Gasteiger partial charge >= 0.3 is 6.09 Å². The number of nitrogens with one attached hydrogen (secondary N) is 1. The molecule has 104 valence electrons. The van der Waals surface area contributed by atoms with Crippen LogP contribution in [0.1, 0.15) is 56.2 Å². The molecule has 19 heavy (non-hydrogen) atoms. The van der Waals surface area contributed by atoms with Gasteiger partial charge in [-0.15, -0.1) is 11.3 Å². The second kappa shape index (κ2) is 5.00. The van der Waals surface area contributed by atoms with Crippen molar-refractivity contribution in [3.05, 3.63) is 22.4 Å². The summed E-state index contributed by atoms with van der Waals surface area (Å²) < 4.78 is 5.30. The van der Waals surface area contributed by atoms with E-state index in [2.05, 4.69) is 11.9 Å². The molecule has 1 aromatic heterocycles. The first kappa shape index (κ1) is 14.1. The molecule has 4 heteroatoms. The summed E-state index contributed by atoms with van der Waals surface area (Å²) >= 11 is 1.73. The van der Waals surface area contributed by atoms with Crippen LogP contribution in [-0.2, 0) is 4.74 Å². The summed E-state index contributed by atoms with van der Waals surface area (Å²) in [6.45, 7) is 11.5. The van der Waals surface area contributed by atoms with Crippen LogP contribution >= 0.6 is 11.3 Å². The van der Waals surface area contributed by atoms with Gasteiger partial charge in [-0.1, -0.05) is 6.58 Å². The Hall–Kier alpha value is -1.29. The molecule has 1 heterocycles. The van der Waals surface area contributed by atoms with Gasteiger partial charge in [0.15, 0.2) is 0 Å². The third-order valence-corrected chi connectivity index (χ3v) is 4.22. The molecular weight excluding hydrogens is 258 g/mol. The summed E-state index contributed by atoms with van der Waals surface area (Å²) in [4.78, 5) is 14.2. The number of rotatable bonds is 3. The first-order chi connectivity index (χ1) is 8.76. The summed E-state index contributed by atoms with van der Waals surface area (Å²) in [5.74, 6) is 0.600. The van der Waals surface area contributed by atoms with E-state index in [-0.39, 0.29) is 6.09 Å². The summed E-state index contributed by atoms with van der Waals surface area (Å²) in [5.41, 5.74) is 1.45. The molecule has 1 aliphatic carbocycles. The molecule has 3 nitrogen and oxygen atoms in total. The monoisotopic (exact) mass is 279 g/mol. The van der Waals surface area contributed by atoms with Crippen molar-refractivity contribution >= 4 is 28.7 Å². The lowest BCUT2D eigenvalue weighted by molar-refractivity contribution is 0.0636. The lowest BCUT2D eigenvalue weighted by atomic mass is 10.2. The number of amides is 1. The van der Waals surface area contributed by atoms with Gasteiger partial charge in [-0.25, -0.2) is 4.79 Å². The van der Waals surface area contributed by atoms with Crippen molar-refractivity contribution in [3.63, 3.8) is 0 Å². The van der Waals surface area contributed by atoms with Gasteiger partial charge in [0.2, 0.25) is 0 Å². The predicted octanol–water partition coefficient (Wildman–Crippen LogP) is 5.01. The molecule has 1 aromatic rings. The number of allylic oxidation sites excluding steroid dienone is 1. The van der Waals surface area contributed by atoms with Gasteiger partial charge in [0.25, 0.3) is 0 Å². The summed E-state index contributed by atoms with van der Waals surface area (Å²) in [7, 11) is 0. The molecule has 0 aliphatic heterocycles. The standard InChI is InChI=1S/C15H21NO2S/c1-9(2)12-8-11(13(19-12)10-6-7-10)16-14(17)18-15(3,4)5/h8,10H,1,6-7H2,2-5H3,(H,16,17). The zero-order chi connectivity index (χ0) is 14.2. The fraction of sp³-hybridized carbons (Fsp3) is 0.533. The number of hydrogen-bond donors (Lipinski definition) is 1. The normalized spacial score (nSPS) is 15.2. The van der Waals surface area contributed by atoms with Crippen LogP contribution in [0.15, 0.2) is 12.6 Å². The molecule has 0 spiro atoms. The quantitative estimate of drug-likeness (QED) is 0.845. The first-order valence-corrected chi connectivity index (χ1v) is 7.37. The van der Waals surface area contributed by atoms with E-state index in [1.165, 1.54) is 17.7 Å². The smallest absolute Gasteiger partial charge is 0.412 e. The van der Waals surface area contributed by atoms with Crippen molar-refractivity contribution in [1.29, 1.82) is 0 Å². The predicted molar refractivity (Wildman–Crippen MR) is 80.9 cm³/mol.